The average molecular weight is 312 g/mol. The van der Waals surface area contributed by atoms with E-state index < -0.39 is 0 Å². The first-order valence-electron chi connectivity index (χ1n) is 8.40. The molecule has 1 N–H and O–H groups in total. The Balaban J connectivity index is 2.09. The van der Waals surface area contributed by atoms with Gasteiger partial charge in [0.15, 0.2) is 0 Å². The second-order valence-electron chi connectivity index (χ2n) is 6.18. The summed E-state index contributed by atoms with van der Waals surface area (Å²) in [6.45, 7) is 5.01. The molecule has 0 aliphatic rings. The van der Waals surface area contributed by atoms with E-state index in [9.17, 15) is 0 Å². The van der Waals surface area contributed by atoms with Crippen molar-refractivity contribution in [1.29, 1.82) is 0 Å². The van der Waals surface area contributed by atoms with E-state index in [1.807, 2.05) is 25.9 Å². The summed E-state index contributed by atoms with van der Waals surface area (Å²) < 4.78 is 0. The lowest BCUT2D eigenvalue weighted by molar-refractivity contribution is 0.477. The van der Waals surface area contributed by atoms with Crippen LogP contribution in [0.15, 0.2) is 36.4 Å². The predicted octanol–water partition coefficient (Wildman–Crippen LogP) is 3.87. The molecule has 1 heterocycles. The second-order valence-corrected chi connectivity index (χ2v) is 6.18. The molecular formula is C19H28N4. The molecule has 0 bridgehead atoms. The van der Waals surface area contributed by atoms with Gasteiger partial charge in [-0.3, -0.25) is 0 Å². The second kappa shape index (κ2) is 8.63. The molecule has 4 nitrogen and oxygen atoms in total. The molecule has 1 atom stereocenters. The number of aryl methyl sites for hydroxylation is 1. The predicted molar refractivity (Wildman–Crippen MR) is 96.6 cm³/mol. The Labute approximate surface area is 140 Å². The standard InChI is InChI=1S/C19H28N4/c1-5-6-12-18(16-10-8-7-9-11-16)20-14-17-13-15(2)21-19(22-17)23(3)4/h7-11,13,18,20H,5-6,12,14H2,1-4H3/t18-/m0/s1. The summed E-state index contributed by atoms with van der Waals surface area (Å²) in [6, 6.07) is 13.1. The molecule has 0 spiro atoms. The van der Waals surface area contributed by atoms with Gasteiger partial charge in [0.05, 0.1) is 5.69 Å². The minimum Gasteiger partial charge on any atom is -0.347 e. The van der Waals surface area contributed by atoms with Crippen LogP contribution in [0.4, 0.5) is 5.95 Å². The highest BCUT2D eigenvalue weighted by Crippen LogP contribution is 2.20. The lowest BCUT2D eigenvalue weighted by Gasteiger charge is -2.19. The van der Waals surface area contributed by atoms with Gasteiger partial charge in [-0.15, -0.1) is 0 Å². The normalized spacial score (nSPS) is 12.2. The fourth-order valence-electron chi connectivity index (χ4n) is 2.62. The van der Waals surface area contributed by atoms with Crippen LogP contribution in [0, 0.1) is 6.92 Å². The molecule has 2 rings (SSSR count). The highest BCUT2D eigenvalue weighted by Gasteiger charge is 2.11. The third-order valence-corrected chi connectivity index (χ3v) is 3.87. The van der Waals surface area contributed by atoms with Gasteiger partial charge in [-0.2, -0.15) is 0 Å². The molecule has 0 amide bonds. The topological polar surface area (TPSA) is 41.1 Å². The van der Waals surface area contributed by atoms with Crippen LogP contribution >= 0.6 is 0 Å². The zero-order chi connectivity index (χ0) is 16.7. The molecule has 2 aromatic rings. The summed E-state index contributed by atoms with van der Waals surface area (Å²) in [5, 5.41) is 3.67. The molecule has 1 aromatic carbocycles. The molecule has 0 fully saturated rings. The first-order valence-corrected chi connectivity index (χ1v) is 8.40. The van der Waals surface area contributed by atoms with E-state index in [2.05, 4.69) is 58.6 Å². The van der Waals surface area contributed by atoms with Crippen molar-refractivity contribution in [2.75, 3.05) is 19.0 Å². The van der Waals surface area contributed by atoms with Gasteiger partial charge < -0.3 is 10.2 Å². The number of hydrogen-bond donors (Lipinski definition) is 1. The Morgan fingerprint density at radius 2 is 1.87 bits per heavy atom. The Hall–Kier alpha value is -1.94. The molecule has 23 heavy (non-hydrogen) atoms. The fourth-order valence-corrected chi connectivity index (χ4v) is 2.62. The SMILES string of the molecule is CCCC[C@H](NCc1cc(C)nc(N(C)C)n1)c1ccccc1. The molecule has 0 saturated carbocycles. The maximum atomic E-state index is 4.63. The molecule has 4 heteroatoms. The van der Waals surface area contributed by atoms with Crippen molar-refractivity contribution in [2.24, 2.45) is 0 Å². The summed E-state index contributed by atoms with van der Waals surface area (Å²) in [7, 11) is 3.94. The van der Waals surface area contributed by atoms with Gasteiger partial charge in [0.1, 0.15) is 0 Å². The minimum atomic E-state index is 0.370. The summed E-state index contributed by atoms with van der Waals surface area (Å²) in [6.07, 6.45) is 3.58. The van der Waals surface area contributed by atoms with Gasteiger partial charge in [-0.05, 0) is 25.0 Å². The smallest absolute Gasteiger partial charge is 0.225 e. The van der Waals surface area contributed by atoms with Crippen LogP contribution in [-0.4, -0.2) is 24.1 Å². The molecular weight excluding hydrogens is 284 g/mol. The van der Waals surface area contributed by atoms with Crippen LogP contribution in [0.5, 0.6) is 0 Å². The third-order valence-electron chi connectivity index (χ3n) is 3.87. The van der Waals surface area contributed by atoms with Crippen molar-refractivity contribution in [3.05, 3.63) is 53.3 Å². The summed E-state index contributed by atoms with van der Waals surface area (Å²) in [5.41, 5.74) is 3.39. The van der Waals surface area contributed by atoms with Gasteiger partial charge in [-0.25, -0.2) is 9.97 Å². The maximum absolute atomic E-state index is 4.63. The molecule has 1 aromatic heterocycles. The van der Waals surface area contributed by atoms with E-state index >= 15 is 0 Å². The van der Waals surface area contributed by atoms with Crippen LogP contribution in [0.25, 0.3) is 0 Å². The van der Waals surface area contributed by atoms with Crippen molar-refractivity contribution in [2.45, 2.75) is 45.7 Å². The Morgan fingerprint density at radius 1 is 1.13 bits per heavy atom. The Morgan fingerprint density at radius 3 is 2.52 bits per heavy atom. The number of aromatic nitrogens is 2. The quantitative estimate of drug-likeness (QED) is 0.803. The number of nitrogens with zero attached hydrogens (tertiary/aromatic N) is 3. The first kappa shape index (κ1) is 17.4. The molecule has 0 unspecified atom stereocenters. The van der Waals surface area contributed by atoms with E-state index in [0.717, 1.165) is 30.3 Å². The number of anilines is 1. The summed E-state index contributed by atoms with van der Waals surface area (Å²) >= 11 is 0. The highest BCUT2D eigenvalue weighted by atomic mass is 15.2. The lowest BCUT2D eigenvalue weighted by Crippen LogP contribution is -2.22. The molecule has 0 saturated heterocycles. The van der Waals surface area contributed by atoms with E-state index in [1.165, 1.54) is 18.4 Å². The number of benzene rings is 1. The van der Waals surface area contributed by atoms with Gasteiger partial charge in [-0.1, -0.05) is 50.1 Å². The van der Waals surface area contributed by atoms with E-state index in [-0.39, 0.29) is 0 Å². The van der Waals surface area contributed by atoms with Crippen molar-refractivity contribution >= 4 is 5.95 Å². The lowest BCUT2D eigenvalue weighted by atomic mass is 10.0. The monoisotopic (exact) mass is 312 g/mol. The zero-order valence-electron chi connectivity index (χ0n) is 14.7. The van der Waals surface area contributed by atoms with Crippen LogP contribution in [0.2, 0.25) is 0 Å². The Kier molecular flexibility index (Phi) is 6.53. The molecule has 0 radical (unpaired) electrons. The van der Waals surface area contributed by atoms with E-state index in [0.29, 0.717) is 6.04 Å². The molecule has 124 valence electrons. The minimum absolute atomic E-state index is 0.370. The van der Waals surface area contributed by atoms with Crippen LogP contribution in [0.3, 0.4) is 0 Å². The largest absolute Gasteiger partial charge is 0.347 e. The van der Waals surface area contributed by atoms with Gasteiger partial charge in [0.2, 0.25) is 5.95 Å². The number of hydrogen-bond acceptors (Lipinski definition) is 4. The summed E-state index contributed by atoms with van der Waals surface area (Å²) in [4.78, 5) is 11.0. The molecule has 0 aliphatic carbocycles. The Bertz CT molecular complexity index is 596. The zero-order valence-corrected chi connectivity index (χ0v) is 14.7. The first-order chi connectivity index (χ1) is 11.1. The maximum Gasteiger partial charge on any atom is 0.225 e. The van der Waals surface area contributed by atoms with Crippen molar-refractivity contribution < 1.29 is 0 Å². The van der Waals surface area contributed by atoms with Gasteiger partial charge in [0, 0.05) is 32.4 Å². The number of unbranched alkanes of at least 4 members (excludes halogenated alkanes) is 1. The number of rotatable bonds is 8. The fraction of sp³-hybridized carbons (Fsp3) is 0.474. The molecule has 0 aliphatic heterocycles. The van der Waals surface area contributed by atoms with Crippen LogP contribution in [-0.2, 0) is 6.54 Å². The summed E-state index contributed by atoms with van der Waals surface area (Å²) in [5.74, 6) is 0.770. The van der Waals surface area contributed by atoms with Crippen LogP contribution in [0.1, 0.15) is 49.2 Å². The third kappa shape index (κ3) is 5.32. The van der Waals surface area contributed by atoms with E-state index in [1.54, 1.807) is 0 Å². The number of nitrogens with one attached hydrogen (secondary N) is 1. The van der Waals surface area contributed by atoms with Gasteiger partial charge in [0.25, 0.3) is 0 Å². The highest BCUT2D eigenvalue weighted by molar-refractivity contribution is 5.30. The van der Waals surface area contributed by atoms with Crippen molar-refractivity contribution in [3.63, 3.8) is 0 Å². The average Bonchev–Trinajstić information content (AvgIpc) is 2.55. The van der Waals surface area contributed by atoms with Gasteiger partial charge >= 0.3 is 0 Å². The van der Waals surface area contributed by atoms with Crippen LogP contribution < -0.4 is 10.2 Å². The van der Waals surface area contributed by atoms with Crippen molar-refractivity contribution in [1.82, 2.24) is 15.3 Å². The van der Waals surface area contributed by atoms with Crippen molar-refractivity contribution in [3.8, 4) is 0 Å². The van der Waals surface area contributed by atoms with E-state index in [4.69, 9.17) is 0 Å².